The molecule has 0 fully saturated rings. The second-order valence-electron chi connectivity index (χ2n) is 7.46. The summed E-state index contributed by atoms with van der Waals surface area (Å²) in [5.74, 6) is 3.77. The van der Waals surface area contributed by atoms with Crippen molar-refractivity contribution in [3.8, 4) is 29.0 Å². The Hall–Kier alpha value is -3.55. The number of hydrogen-bond acceptors (Lipinski definition) is 4. The minimum absolute atomic E-state index is 0.00262. The van der Waals surface area contributed by atoms with E-state index in [1.165, 1.54) is 30.3 Å². The molecule has 0 atom stereocenters. The van der Waals surface area contributed by atoms with Crippen LogP contribution >= 0.6 is 11.6 Å². The number of nitrogens with one attached hydrogen (secondary N) is 2. The highest BCUT2D eigenvalue weighted by atomic mass is 35.5. The largest absolute Gasteiger partial charge is 0.489 e. The Kier molecular flexibility index (Phi) is 8.38. The first-order chi connectivity index (χ1) is 16.5. The summed E-state index contributed by atoms with van der Waals surface area (Å²) < 4.78 is 63.2. The number of carbonyl (C=O) groups is 1. The van der Waals surface area contributed by atoms with Gasteiger partial charge in [0.25, 0.3) is 0 Å². The third-order valence-electron chi connectivity index (χ3n) is 4.41. The predicted molar refractivity (Wildman–Crippen MR) is 123 cm³/mol. The number of halogens is 5. The minimum Gasteiger partial charge on any atom is -0.489 e. The van der Waals surface area contributed by atoms with Crippen molar-refractivity contribution < 1.29 is 31.8 Å². The van der Waals surface area contributed by atoms with E-state index in [4.69, 9.17) is 21.1 Å². The van der Waals surface area contributed by atoms with Gasteiger partial charge < -0.3 is 19.8 Å². The van der Waals surface area contributed by atoms with Crippen molar-refractivity contribution in [2.45, 2.75) is 26.1 Å². The lowest BCUT2D eigenvalue weighted by atomic mass is 10.1. The van der Waals surface area contributed by atoms with Crippen molar-refractivity contribution in [1.29, 1.82) is 0 Å². The summed E-state index contributed by atoms with van der Waals surface area (Å²) in [5, 5.41) is 2.42. The molecule has 0 aliphatic rings. The van der Waals surface area contributed by atoms with E-state index in [9.17, 15) is 22.4 Å². The SMILES string of the molecule is CC(C)OCCOc1ccc(-c2ncc(C(F)(F)F)[nH]2)cc1NC(=O)C#Cc1ccc(F)c(Cl)c1. The van der Waals surface area contributed by atoms with Crippen LogP contribution in [0, 0.1) is 17.7 Å². The Balaban J connectivity index is 1.84. The van der Waals surface area contributed by atoms with Crippen molar-refractivity contribution in [1.82, 2.24) is 9.97 Å². The number of H-pyrrole nitrogens is 1. The van der Waals surface area contributed by atoms with Crippen LogP contribution in [0.1, 0.15) is 25.1 Å². The Morgan fingerprint density at radius 1 is 1.20 bits per heavy atom. The summed E-state index contributed by atoms with van der Waals surface area (Å²) >= 11 is 5.72. The number of carbonyl (C=O) groups excluding carboxylic acids is 1. The number of amides is 1. The fourth-order valence-corrected chi connectivity index (χ4v) is 2.99. The molecule has 35 heavy (non-hydrogen) atoms. The zero-order chi connectivity index (χ0) is 25.6. The van der Waals surface area contributed by atoms with E-state index in [1.807, 2.05) is 13.8 Å². The maximum atomic E-state index is 13.3. The first kappa shape index (κ1) is 26.1. The second kappa shape index (κ2) is 11.3. The van der Waals surface area contributed by atoms with Gasteiger partial charge in [-0.05, 0) is 50.2 Å². The summed E-state index contributed by atoms with van der Waals surface area (Å²) in [7, 11) is 0. The average Bonchev–Trinajstić information content (AvgIpc) is 3.29. The van der Waals surface area contributed by atoms with Crippen LogP contribution in [0.3, 0.4) is 0 Å². The zero-order valence-electron chi connectivity index (χ0n) is 18.6. The van der Waals surface area contributed by atoms with Crippen LogP contribution in [-0.2, 0) is 15.7 Å². The molecule has 0 aliphatic carbocycles. The summed E-state index contributed by atoms with van der Waals surface area (Å²) in [6.07, 6.45) is -3.90. The van der Waals surface area contributed by atoms with Crippen molar-refractivity contribution in [3.05, 3.63) is 64.7 Å². The number of aromatic nitrogens is 2. The van der Waals surface area contributed by atoms with Crippen LogP contribution in [0.4, 0.5) is 23.2 Å². The third kappa shape index (κ3) is 7.47. The van der Waals surface area contributed by atoms with E-state index >= 15 is 0 Å². The molecular weight excluding hydrogens is 490 g/mol. The van der Waals surface area contributed by atoms with E-state index < -0.39 is 23.6 Å². The lowest BCUT2D eigenvalue weighted by molar-refractivity contribution is -0.140. The number of benzene rings is 2. The van der Waals surface area contributed by atoms with Crippen LogP contribution in [0.5, 0.6) is 5.75 Å². The van der Waals surface area contributed by atoms with Gasteiger partial charge in [0.15, 0.2) is 0 Å². The maximum absolute atomic E-state index is 13.3. The molecule has 3 aromatic rings. The molecule has 0 spiro atoms. The quantitative estimate of drug-likeness (QED) is 0.244. The summed E-state index contributed by atoms with van der Waals surface area (Å²) in [6.45, 7) is 4.18. The Bertz CT molecular complexity index is 1260. The van der Waals surface area contributed by atoms with Gasteiger partial charge in [-0.15, -0.1) is 0 Å². The Morgan fingerprint density at radius 3 is 2.63 bits per heavy atom. The van der Waals surface area contributed by atoms with E-state index in [0.29, 0.717) is 11.8 Å². The molecule has 0 bridgehead atoms. The van der Waals surface area contributed by atoms with Crippen LogP contribution < -0.4 is 10.1 Å². The number of alkyl halides is 3. The molecule has 0 unspecified atom stereocenters. The monoisotopic (exact) mass is 509 g/mol. The first-order valence-electron chi connectivity index (χ1n) is 10.3. The van der Waals surface area contributed by atoms with Gasteiger partial charge in [-0.3, -0.25) is 4.79 Å². The van der Waals surface area contributed by atoms with Gasteiger partial charge in [-0.1, -0.05) is 17.5 Å². The molecular formula is C24H20ClF4N3O3. The van der Waals surface area contributed by atoms with Gasteiger partial charge in [0, 0.05) is 17.0 Å². The number of ether oxygens (including phenoxy) is 2. The minimum atomic E-state index is -4.58. The molecule has 0 radical (unpaired) electrons. The molecule has 0 saturated carbocycles. The fraction of sp³-hybridized carbons (Fsp3) is 0.250. The molecule has 2 N–H and O–H groups in total. The van der Waals surface area contributed by atoms with Gasteiger partial charge in [-0.2, -0.15) is 13.2 Å². The fourth-order valence-electron chi connectivity index (χ4n) is 2.80. The van der Waals surface area contributed by atoms with Crippen LogP contribution in [0.2, 0.25) is 5.02 Å². The van der Waals surface area contributed by atoms with Crippen molar-refractivity contribution >= 4 is 23.2 Å². The molecule has 1 aromatic heterocycles. The molecule has 1 heterocycles. The molecule has 3 rings (SSSR count). The van der Waals surface area contributed by atoms with E-state index in [-0.39, 0.29) is 47.2 Å². The Labute approximate surface area is 203 Å². The summed E-state index contributed by atoms with van der Waals surface area (Å²) in [6, 6.07) is 8.16. The highest BCUT2D eigenvalue weighted by Crippen LogP contribution is 2.32. The zero-order valence-corrected chi connectivity index (χ0v) is 19.4. The highest BCUT2D eigenvalue weighted by molar-refractivity contribution is 6.30. The van der Waals surface area contributed by atoms with Crippen molar-refractivity contribution in [2.75, 3.05) is 18.5 Å². The second-order valence-corrected chi connectivity index (χ2v) is 7.86. The van der Waals surface area contributed by atoms with Gasteiger partial charge in [0.05, 0.1) is 29.6 Å². The number of nitrogens with zero attached hydrogens (tertiary/aromatic N) is 1. The first-order valence-corrected chi connectivity index (χ1v) is 10.7. The van der Waals surface area contributed by atoms with Crippen LogP contribution in [-0.4, -0.2) is 35.2 Å². The van der Waals surface area contributed by atoms with Gasteiger partial charge in [0.2, 0.25) is 0 Å². The van der Waals surface area contributed by atoms with E-state index in [2.05, 4.69) is 27.1 Å². The normalized spacial score (nSPS) is 11.2. The predicted octanol–water partition coefficient (Wildman–Crippen LogP) is 5.68. The number of aromatic amines is 1. The van der Waals surface area contributed by atoms with Crippen molar-refractivity contribution in [2.24, 2.45) is 0 Å². The molecule has 0 aliphatic heterocycles. The van der Waals surface area contributed by atoms with Gasteiger partial charge in [-0.25, -0.2) is 9.37 Å². The number of rotatable bonds is 7. The topological polar surface area (TPSA) is 76.2 Å². The molecule has 6 nitrogen and oxygen atoms in total. The maximum Gasteiger partial charge on any atom is 0.432 e. The van der Waals surface area contributed by atoms with Crippen LogP contribution in [0.25, 0.3) is 11.4 Å². The smallest absolute Gasteiger partial charge is 0.432 e. The average molecular weight is 510 g/mol. The van der Waals surface area contributed by atoms with Gasteiger partial charge >= 0.3 is 12.1 Å². The molecule has 2 aromatic carbocycles. The highest BCUT2D eigenvalue weighted by Gasteiger charge is 2.33. The molecule has 1 amide bonds. The molecule has 0 saturated heterocycles. The summed E-state index contributed by atoms with van der Waals surface area (Å²) in [4.78, 5) is 18.4. The third-order valence-corrected chi connectivity index (χ3v) is 4.70. The molecule has 184 valence electrons. The lowest BCUT2D eigenvalue weighted by Crippen LogP contribution is -2.14. The Morgan fingerprint density at radius 2 is 1.97 bits per heavy atom. The van der Waals surface area contributed by atoms with Gasteiger partial charge in [0.1, 0.15) is 29.7 Å². The van der Waals surface area contributed by atoms with Crippen LogP contribution in [0.15, 0.2) is 42.6 Å². The molecule has 11 heteroatoms. The van der Waals surface area contributed by atoms with E-state index in [1.54, 1.807) is 0 Å². The standard InChI is InChI=1S/C24H20ClF4N3O3/c1-14(2)34-9-10-35-20-7-5-16(23-30-13-21(32-23)24(27,28)29)12-19(20)31-22(33)8-4-15-3-6-18(26)17(25)11-15/h3,5-7,11-14H,9-10H2,1-2H3,(H,30,32)(H,31,33). The van der Waals surface area contributed by atoms with Crippen molar-refractivity contribution in [3.63, 3.8) is 0 Å². The number of hydrogen-bond donors (Lipinski definition) is 2. The lowest BCUT2D eigenvalue weighted by Gasteiger charge is -2.14. The number of imidazole rings is 1. The summed E-state index contributed by atoms with van der Waals surface area (Å²) in [5.41, 5.74) is -0.251. The number of anilines is 1. The van der Waals surface area contributed by atoms with E-state index in [0.717, 1.165) is 6.07 Å².